The number of piperidine rings is 1. The molecule has 3 heterocycles. The van der Waals surface area contributed by atoms with Gasteiger partial charge < -0.3 is 10.6 Å². The second kappa shape index (κ2) is 6.88. The van der Waals surface area contributed by atoms with E-state index in [2.05, 4.69) is 20.6 Å². The molecule has 8 nitrogen and oxygen atoms in total. The van der Waals surface area contributed by atoms with E-state index in [1.807, 2.05) is 6.92 Å². The summed E-state index contributed by atoms with van der Waals surface area (Å²) in [5.74, 6) is 1.82. The normalized spacial score (nSPS) is 22.8. The van der Waals surface area contributed by atoms with Gasteiger partial charge in [-0.3, -0.25) is 9.36 Å². The quantitative estimate of drug-likeness (QED) is 0.638. The van der Waals surface area contributed by atoms with Crippen LogP contribution < -0.4 is 16.2 Å². The first-order valence-corrected chi connectivity index (χ1v) is 11.9. The lowest BCUT2D eigenvalue weighted by Gasteiger charge is -2.13. The first-order valence-electron chi connectivity index (χ1n) is 10.0. The SMILES string of the molecule is CCn1c(=O)c(-c2ccc(S(C)(=O)=O)cc2)cc2cnc(N[C@@H]3[C@@H]4CNC[C@@H]43)nc21. The smallest absolute Gasteiger partial charge is 0.260 e. The largest absolute Gasteiger partial charge is 0.351 e. The zero-order valence-electron chi connectivity index (χ0n) is 16.8. The van der Waals surface area contributed by atoms with Crippen molar-refractivity contribution in [1.82, 2.24) is 19.9 Å². The highest BCUT2D eigenvalue weighted by molar-refractivity contribution is 7.90. The summed E-state index contributed by atoms with van der Waals surface area (Å²) in [5.41, 5.74) is 1.60. The molecule has 0 unspecified atom stereocenters. The van der Waals surface area contributed by atoms with E-state index in [9.17, 15) is 13.2 Å². The number of hydrogen-bond acceptors (Lipinski definition) is 7. The van der Waals surface area contributed by atoms with Crippen molar-refractivity contribution in [3.8, 4) is 11.1 Å². The van der Waals surface area contributed by atoms with Gasteiger partial charge in [0.25, 0.3) is 5.56 Å². The number of pyridine rings is 1. The molecule has 0 spiro atoms. The third kappa shape index (κ3) is 3.18. The molecule has 0 amide bonds. The van der Waals surface area contributed by atoms with Crippen LogP contribution in [0.5, 0.6) is 0 Å². The van der Waals surface area contributed by atoms with Gasteiger partial charge >= 0.3 is 0 Å². The van der Waals surface area contributed by atoms with Crippen LogP contribution in [0.3, 0.4) is 0 Å². The number of nitrogens with one attached hydrogen (secondary N) is 2. The fourth-order valence-electron chi connectivity index (χ4n) is 4.39. The van der Waals surface area contributed by atoms with Crippen LogP contribution in [0.2, 0.25) is 0 Å². The Hall–Kier alpha value is -2.78. The first kappa shape index (κ1) is 19.2. The van der Waals surface area contributed by atoms with Crippen LogP contribution in [-0.4, -0.2) is 48.3 Å². The number of anilines is 1. The summed E-state index contributed by atoms with van der Waals surface area (Å²) in [5, 5.41) is 7.55. The molecule has 0 bridgehead atoms. The van der Waals surface area contributed by atoms with Gasteiger partial charge in [0.1, 0.15) is 5.65 Å². The summed E-state index contributed by atoms with van der Waals surface area (Å²) >= 11 is 0. The fourth-order valence-corrected chi connectivity index (χ4v) is 5.02. The van der Waals surface area contributed by atoms with Crippen molar-refractivity contribution >= 4 is 26.8 Å². The second-order valence-electron chi connectivity index (χ2n) is 8.03. The predicted molar refractivity (Wildman–Crippen MR) is 115 cm³/mol. The molecular formula is C21H23N5O3S. The van der Waals surface area contributed by atoms with Crippen molar-refractivity contribution in [3.63, 3.8) is 0 Å². The van der Waals surface area contributed by atoms with E-state index in [1.165, 1.54) is 12.1 Å². The van der Waals surface area contributed by atoms with Gasteiger partial charge in [-0.2, -0.15) is 4.98 Å². The molecule has 156 valence electrons. The van der Waals surface area contributed by atoms with Gasteiger partial charge in [0.2, 0.25) is 5.95 Å². The Morgan fingerprint density at radius 3 is 2.53 bits per heavy atom. The van der Waals surface area contributed by atoms with Crippen LogP contribution >= 0.6 is 0 Å². The van der Waals surface area contributed by atoms with Crippen molar-refractivity contribution < 1.29 is 8.42 Å². The van der Waals surface area contributed by atoms with Crippen molar-refractivity contribution in [2.75, 3.05) is 24.7 Å². The summed E-state index contributed by atoms with van der Waals surface area (Å²) in [6.45, 7) is 4.43. The summed E-state index contributed by atoms with van der Waals surface area (Å²) < 4.78 is 25.1. The zero-order chi connectivity index (χ0) is 21.0. The number of rotatable bonds is 5. The number of benzene rings is 1. The number of nitrogens with zero attached hydrogens (tertiary/aromatic N) is 3. The Morgan fingerprint density at radius 2 is 1.90 bits per heavy atom. The van der Waals surface area contributed by atoms with Crippen molar-refractivity contribution in [2.24, 2.45) is 11.8 Å². The predicted octanol–water partition coefficient (Wildman–Crippen LogP) is 1.51. The topological polar surface area (TPSA) is 106 Å². The van der Waals surface area contributed by atoms with E-state index in [1.54, 1.807) is 29.0 Å². The maximum absolute atomic E-state index is 13.2. The van der Waals surface area contributed by atoms with Gasteiger partial charge in [0.05, 0.1) is 4.90 Å². The molecule has 9 heteroatoms. The molecule has 2 aromatic heterocycles. The molecule has 3 aromatic rings. The number of sulfone groups is 1. The Labute approximate surface area is 174 Å². The average molecular weight is 426 g/mol. The van der Waals surface area contributed by atoms with Gasteiger partial charge in [-0.15, -0.1) is 0 Å². The van der Waals surface area contributed by atoms with Crippen molar-refractivity contribution in [2.45, 2.75) is 24.4 Å². The number of aryl methyl sites for hydroxylation is 1. The fraction of sp³-hybridized carbons (Fsp3) is 0.381. The molecular weight excluding hydrogens is 402 g/mol. The van der Waals surface area contributed by atoms with Gasteiger partial charge in [-0.05, 0) is 42.5 Å². The third-order valence-electron chi connectivity index (χ3n) is 6.12. The van der Waals surface area contributed by atoms with Gasteiger partial charge in [0.15, 0.2) is 9.84 Å². The molecule has 2 aliphatic rings. The molecule has 0 radical (unpaired) electrons. The highest BCUT2D eigenvalue weighted by Crippen LogP contribution is 2.43. The van der Waals surface area contributed by atoms with Crippen LogP contribution in [0.4, 0.5) is 5.95 Å². The summed E-state index contributed by atoms with van der Waals surface area (Å²) in [7, 11) is -3.29. The van der Waals surface area contributed by atoms with E-state index >= 15 is 0 Å². The molecule has 1 aromatic carbocycles. The second-order valence-corrected chi connectivity index (χ2v) is 10.0. The summed E-state index contributed by atoms with van der Waals surface area (Å²) in [6.07, 6.45) is 2.90. The van der Waals surface area contributed by atoms with Crippen LogP contribution in [0, 0.1) is 11.8 Å². The van der Waals surface area contributed by atoms with Crippen LogP contribution in [0.25, 0.3) is 22.2 Å². The van der Waals surface area contributed by atoms with Crippen molar-refractivity contribution in [3.05, 3.63) is 46.9 Å². The monoisotopic (exact) mass is 425 g/mol. The number of fused-ring (bicyclic) bond motifs is 2. The summed E-state index contributed by atoms with van der Waals surface area (Å²) in [4.78, 5) is 22.5. The maximum Gasteiger partial charge on any atom is 0.260 e. The average Bonchev–Trinajstić information content (AvgIpc) is 3.13. The summed E-state index contributed by atoms with van der Waals surface area (Å²) in [6, 6.07) is 8.55. The Bertz CT molecular complexity index is 1290. The van der Waals surface area contributed by atoms with E-state index in [-0.39, 0.29) is 10.5 Å². The highest BCUT2D eigenvalue weighted by atomic mass is 32.2. The lowest BCUT2D eigenvalue weighted by molar-refractivity contribution is 0.602. The van der Waals surface area contributed by atoms with E-state index in [4.69, 9.17) is 0 Å². The minimum atomic E-state index is -3.29. The van der Waals surface area contributed by atoms with Crippen LogP contribution in [0.15, 0.2) is 46.2 Å². The van der Waals surface area contributed by atoms with E-state index in [0.717, 1.165) is 24.7 Å². The number of hydrogen-bond donors (Lipinski definition) is 2. The Balaban J connectivity index is 1.53. The minimum absolute atomic E-state index is 0.158. The Kier molecular flexibility index (Phi) is 4.41. The molecule has 1 aliphatic carbocycles. The van der Waals surface area contributed by atoms with Crippen LogP contribution in [-0.2, 0) is 16.4 Å². The lowest BCUT2D eigenvalue weighted by atomic mass is 10.1. The number of aromatic nitrogens is 3. The molecule has 1 saturated carbocycles. The van der Waals surface area contributed by atoms with Crippen molar-refractivity contribution in [1.29, 1.82) is 0 Å². The lowest BCUT2D eigenvalue weighted by Crippen LogP contribution is -2.24. The molecule has 30 heavy (non-hydrogen) atoms. The molecule has 3 atom stereocenters. The molecule has 5 rings (SSSR count). The molecule has 1 aliphatic heterocycles. The standard InChI is InChI=1S/C21H23N5O3S/c1-3-26-19-13(9-23-21(25-19)24-18-16-10-22-11-17(16)18)8-15(20(26)27)12-4-6-14(7-5-12)30(2,28)29/h4-9,16-18,22H,3,10-11H2,1-2H3,(H,23,24,25)/t16-,17+,18-. The van der Waals surface area contributed by atoms with Gasteiger partial charge in [-0.1, -0.05) is 12.1 Å². The zero-order valence-corrected chi connectivity index (χ0v) is 17.6. The highest BCUT2D eigenvalue weighted by Gasteiger charge is 2.53. The van der Waals surface area contributed by atoms with Gasteiger partial charge in [0, 0.05) is 49.1 Å². The van der Waals surface area contributed by atoms with E-state index < -0.39 is 9.84 Å². The third-order valence-corrected chi connectivity index (χ3v) is 7.25. The van der Waals surface area contributed by atoms with E-state index in [0.29, 0.717) is 47.1 Å². The Morgan fingerprint density at radius 1 is 1.20 bits per heavy atom. The van der Waals surface area contributed by atoms with Gasteiger partial charge in [-0.25, -0.2) is 13.4 Å². The maximum atomic E-state index is 13.2. The molecule has 2 N–H and O–H groups in total. The minimum Gasteiger partial charge on any atom is -0.351 e. The first-order chi connectivity index (χ1) is 14.4. The molecule has 1 saturated heterocycles. The molecule has 2 fully saturated rings. The van der Waals surface area contributed by atoms with Crippen LogP contribution in [0.1, 0.15) is 6.92 Å².